The number of carbonyl (C=O) groups is 1. The summed E-state index contributed by atoms with van der Waals surface area (Å²) < 4.78 is 20.0. The van der Waals surface area contributed by atoms with Crippen LogP contribution in [0.1, 0.15) is 68.7 Å². The van der Waals surface area contributed by atoms with Crippen LogP contribution in [0.15, 0.2) is 60.7 Å². The fourth-order valence-corrected chi connectivity index (χ4v) is 11.1. The van der Waals surface area contributed by atoms with E-state index in [1.165, 1.54) is 10.4 Å². The van der Waals surface area contributed by atoms with Crippen LogP contribution in [-0.4, -0.2) is 59.0 Å². The molecule has 2 aromatic carbocycles. The Bertz CT molecular complexity index is 1060. The second kappa shape index (κ2) is 12.1. The van der Waals surface area contributed by atoms with Gasteiger partial charge in [0, 0.05) is 25.6 Å². The summed E-state index contributed by atoms with van der Waals surface area (Å²) in [4.78, 5) is 15.3. The van der Waals surface area contributed by atoms with Crippen LogP contribution in [0.25, 0.3) is 0 Å². The first-order chi connectivity index (χ1) is 18.4. The van der Waals surface area contributed by atoms with E-state index < -0.39 is 22.2 Å². The molecule has 0 radical (unpaired) electrons. The standard InChI is InChI=1S/C33H53NO4Si2/c1-31(2,3)37-30(35)34-23-26(25-36-39(10,11)32(4,5)6)22-27(24-34)38-40(33(7,8)9,28-18-14-12-15-19-28)29-20-16-13-17-21-29/h12-21,26-27H,22-25H2,1-11H3/t26-,27-/m1/s1. The zero-order valence-electron chi connectivity index (χ0n) is 26.8. The highest BCUT2D eigenvalue weighted by molar-refractivity contribution is 6.99. The van der Waals surface area contributed by atoms with Gasteiger partial charge in [0.15, 0.2) is 8.32 Å². The van der Waals surface area contributed by atoms with E-state index in [0.717, 1.165) is 6.42 Å². The van der Waals surface area contributed by atoms with Crippen LogP contribution < -0.4 is 10.4 Å². The molecule has 1 aliphatic rings. The van der Waals surface area contributed by atoms with Crippen molar-refractivity contribution in [1.29, 1.82) is 0 Å². The van der Waals surface area contributed by atoms with Gasteiger partial charge in [-0.3, -0.25) is 0 Å². The Morgan fingerprint density at radius 1 is 0.800 bits per heavy atom. The molecule has 222 valence electrons. The van der Waals surface area contributed by atoms with Crippen LogP contribution in [0.4, 0.5) is 4.79 Å². The van der Waals surface area contributed by atoms with Crippen molar-refractivity contribution in [3.05, 3.63) is 60.7 Å². The third-order valence-electron chi connectivity index (χ3n) is 8.40. The number of rotatable bonds is 7. The molecule has 2 aromatic rings. The normalized spacial score (nSPS) is 19.4. The monoisotopic (exact) mass is 583 g/mol. The molecule has 1 saturated heterocycles. The first-order valence-corrected chi connectivity index (χ1v) is 19.6. The molecule has 5 nitrogen and oxygen atoms in total. The Hall–Kier alpha value is -1.94. The third kappa shape index (κ3) is 7.66. The Morgan fingerprint density at radius 2 is 1.30 bits per heavy atom. The molecule has 2 atom stereocenters. The average molecular weight is 584 g/mol. The number of likely N-dealkylation sites (tertiary alicyclic amines) is 1. The first-order valence-electron chi connectivity index (χ1n) is 14.8. The van der Waals surface area contributed by atoms with E-state index in [-0.39, 0.29) is 28.2 Å². The quantitative estimate of drug-likeness (QED) is 0.323. The van der Waals surface area contributed by atoms with E-state index in [4.69, 9.17) is 13.6 Å². The molecule has 0 bridgehead atoms. The number of benzene rings is 2. The molecule has 1 amide bonds. The van der Waals surface area contributed by atoms with Crippen LogP contribution in [0.2, 0.25) is 23.2 Å². The fourth-order valence-electron chi connectivity index (χ4n) is 5.32. The van der Waals surface area contributed by atoms with Crippen molar-refractivity contribution >= 4 is 33.1 Å². The number of nitrogens with zero attached hydrogens (tertiary/aromatic N) is 1. The summed E-state index contributed by atoms with van der Waals surface area (Å²) in [6, 6.07) is 21.4. The maximum absolute atomic E-state index is 13.4. The van der Waals surface area contributed by atoms with Crippen molar-refractivity contribution in [2.75, 3.05) is 19.7 Å². The van der Waals surface area contributed by atoms with Gasteiger partial charge in [-0.1, -0.05) is 102 Å². The van der Waals surface area contributed by atoms with E-state index in [9.17, 15) is 4.79 Å². The van der Waals surface area contributed by atoms with E-state index in [0.29, 0.717) is 19.7 Å². The first kappa shape index (κ1) is 32.6. The lowest BCUT2D eigenvalue weighted by Crippen LogP contribution is -2.69. The van der Waals surface area contributed by atoms with Gasteiger partial charge in [0.05, 0.1) is 6.10 Å². The molecule has 7 heteroatoms. The van der Waals surface area contributed by atoms with Gasteiger partial charge in [-0.05, 0) is 60.7 Å². The van der Waals surface area contributed by atoms with E-state index in [1.807, 2.05) is 25.7 Å². The minimum atomic E-state index is -2.78. The SMILES string of the molecule is CC(C)(C)OC(=O)N1C[C@H](CO[Si](C)(C)C(C)(C)C)C[C@@H](O[Si](c2ccccc2)(c2ccccc2)C(C)(C)C)C1. The number of hydrogen-bond acceptors (Lipinski definition) is 4. The zero-order chi connectivity index (χ0) is 30.0. The molecule has 40 heavy (non-hydrogen) atoms. The average Bonchev–Trinajstić information content (AvgIpc) is 2.84. The largest absolute Gasteiger partial charge is 0.444 e. The van der Waals surface area contributed by atoms with Gasteiger partial charge in [0.2, 0.25) is 0 Å². The Morgan fingerprint density at radius 3 is 1.73 bits per heavy atom. The lowest BCUT2D eigenvalue weighted by Gasteiger charge is -2.48. The van der Waals surface area contributed by atoms with Crippen LogP contribution in [0.3, 0.4) is 0 Å². The molecule has 0 saturated carbocycles. The van der Waals surface area contributed by atoms with Crippen LogP contribution in [0, 0.1) is 5.92 Å². The molecule has 0 N–H and O–H groups in total. The smallest absolute Gasteiger partial charge is 0.410 e. The lowest BCUT2D eigenvalue weighted by molar-refractivity contribution is -0.00961. The minimum Gasteiger partial charge on any atom is -0.444 e. The number of piperidine rings is 1. The number of hydrogen-bond donors (Lipinski definition) is 0. The molecule has 1 fully saturated rings. The third-order valence-corrected chi connectivity index (χ3v) is 18.0. The molecule has 0 unspecified atom stereocenters. The molecule has 0 aromatic heterocycles. The minimum absolute atomic E-state index is 0.122. The summed E-state index contributed by atoms with van der Waals surface area (Å²) >= 11 is 0. The van der Waals surface area contributed by atoms with E-state index in [1.54, 1.807) is 0 Å². The summed E-state index contributed by atoms with van der Waals surface area (Å²) in [5.41, 5.74) is -0.560. The highest BCUT2D eigenvalue weighted by Gasteiger charge is 2.52. The molecule has 0 aliphatic carbocycles. The van der Waals surface area contributed by atoms with Gasteiger partial charge in [-0.2, -0.15) is 0 Å². The van der Waals surface area contributed by atoms with Crippen LogP contribution in [-0.2, 0) is 13.6 Å². The number of amides is 1. The molecular weight excluding hydrogens is 531 g/mol. The maximum atomic E-state index is 13.4. The zero-order valence-corrected chi connectivity index (χ0v) is 28.8. The van der Waals surface area contributed by atoms with Crippen molar-refractivity contribution in [3.8, 4) is 0 Å². The summed E-state index contributed by atoms with van der Waals surface area (Å²) in [5, 5.41) is 2.48. The Balaban J connectivity index is 2.02. The maximum Gasteiger partial charge on any atom is 0.410 e. The molecule has 1 aliphatic heterocycles. The lowest BCUT2D eigenvalue weighted by atomic mass is 9.97. The van der Waals surface area contributed by atoms with Gasteiger partial charge >= 0.3 is 6.09 Å². The highest BCUT2D eigenvalue weighted by Crippen LogP contribution is 2.40. The van der Waals surface area contributed by atoms with Crippen molar-refractivity contribution in [1.82, 2.24) is 4.90 Å². The molecular formula is C33H53NO4Si2. The van der Waals surface area contributed by atoms with Crippen molar-refractivity contribution in [2.45, 2.75) is 104 Å². The van der Waals surface area contributed by atoms with Gasteiger partial charge in [-0.15, -0.1) is 0 Å². The highest BCUT2D eigenvalue weighted by atomic mass is 28.4. The summed E-state index contributed by atoms with van der Waals surface area (Å²) in [6.45, 7) is 25.8. The summed E-state index contributed by atoms with van der Waals surface area (Å²) in [7, 11) is -4.73. The fraction of sp³-hybridized carbons (Fsp3) is 0.606. The predicted molar refractivity (Wildman–Crippen MR) is 172 cm³/mol. The Kier molecular flexibility index (Phi) is 9.87. The second-order valence-corrected chi connectivity index (χ2v) is 24.0. The topological polar surface area (TPSA) is 48.0 Å². The number of ether oxygens (including phenoxy) is 1. The molecule has 1 heterocycles. The Labute approximate surface area is 245 Å². The van der Waals surface area contributed by atoms with E-state index >= 15 is 0 Å². The van der Waals surface area contributed by atoms with Gasteiger partial charge in [-0.25, -0.2) is 4.79 Å². The predicted octanol–water partition coefficient (Wildman–Crippen LogP) is 7.21. The van der Waals surface area contributed by atoms with Crippen molar-refractivity contribution < 1.29 is 18.4 Å². The van der Waals surface area contributed by atoms with Crippen molar-refractivity contribution in [2.24, 2.45) is 5.92 Å². The van der Waals surface area contributed by atoms with Crippen LogP contribution >= 0.6 is 0 Å². The number of carbonyl (C=O) groups excluding carboxylic acids is 1. The summed E-state index contributed by atoms with van der Waals surface area (Å²) in [5.74, 6) is 0.165. The van der Waals surface area contributed by atoms with Crippen LogP contribution in [0.5, 0.6) is 0 Å². The van der Waals surface area contributed by atoms with Gasteiger partial charge in [0.1, 0.15) is 5.60 Å². The van der Waals surface area contributed by atoms with E-state index in [2.05, 4.69) is 115 Å². The molecule has 3 rings (SSSR count). The van der Waals surface area contributed by atoms with Gasteiger partial charge in [0.25, 0.3) is 8.32 Å². The second-order valence-electron chi connectivity index (χ2n) is 15.0. The van der Waals surface area contributed by atoms with Crippen molar-refractivity contribution in [3.63, 3.8) is 0 Å². The van der Waals surface area contributed by atoms with Gasteiger partial charge < -0.3 is 18.5 Å². The summed E-state index contributed by atoms with van der Waals surface area (Å²) in [6.07, 6.45) is 0.430. The molecule has 0 spiro atoms.